The van der Waals surface area contributed by atoms with E-state index in [4.69, 9.17) is 0 Å². The van der Waals surface area contributed by atoms with Crippen molar-refractivity contribution in [2.24, 2.45) is 11.8 Å². The molecule has 0 aliphatic carbocycles. The quantitative estimate of drug-likeness (QED) is 0.655. The first kappa shape index (κ1) is 14.9. The van der Waals surface area contributed by atoms with Gasteiger partial charge in [0, 0.05) is 5.54 Å². The Morgan fingerprint density at radius 2 is 1.53 bits per heavy atom. The van der Waals surface area contributed by atoms with Crippen LogP contribution in [-0.2, 0) is 0 Å². The van der Waals surface area contributed by atoms with Crippen molar-refractivity contribution in [3.05, 3.63) is 0 Å². The van der Waals surface area contributed by atoms with E-state index in [1.54, 1.807) is 0 Å². The van der Waals surface area contributed by atoms with Crippen LogP contribution < -0.4 is 5.32 Å². The minimum Gasteiger partial charge on any atom is -0.311 e. The fraction of sp³-hybridized carbons (Fsp3) is 1.00. The number of hydrogen-bond acceptors (Lipinski definition) is 2. The lowest BCUT2D eigenvalue weighted by Gasteiger charge is -2.39. The summed E-state index contributed by atoms with van der Waals surface area (Å²) < 4.78 is 0. The summed E-state index contributed by atoms with van der Waals surface area (Å²) in [5.41, 5.74) is 0.270. The van der Waals surface area contributed by atoms with Gasteiger partial charge in [-0.25, -0.2) is 0 Å². The lowest BCUT2D eigenvalue weighted by atomic mass is 9.78. The summed E-state index contributed by atoms with van der Waals surface area (Å²) in [6.45, 7) is 13.8. The van der Waals surface area contributed by atoms with E-state index in [2.05, 4.69) is 58.9 Å². The highest BCUT2D eigenvalue weighted by atomic mass is 15.1. The van der Waals surface area contributed by atoms with Crippen LogP contribution in [0.4, 0.5) is 0 Å². The van der Waals surface area contributed by atoms with E-state index >= 15 is 0 Å². The third-order valence-corrected chi connectivity index (χ3v) is 3.69. The van der Waals surface area contributed by atoms with Crippen molar-refractivity contribution in [3.8, 4) is 0 Å². The predicted molar refractivity (Wildman–Crippen MR) is 69.3 cm³/mol. The summed E-state index contributed by atoms with van der Waals surface area (Å²) in [6, 6.07) is 0. The number of rotatable bonds is 7. The van der Waals surface area contributed by atoms with Gasteiger partial charge in [0.1, 0.15) is 0 Å². The molecule has 0 radical (unpaired) electrons. The summed E-state index contributed by atoms with van der Waals surface area (Å²) >= 11 is 0. The molecule has 0 aromatic rings. The molecule has 0 amide bonds. The van der Waals surface area contributed by atoms with Crippen LogP contribution in [0.15, 0.2) is 0 Å². The molecule has 0 atom stereocenters. The first-order valence-electron chi connectivity index (χ1n) is 6.20. The monoisotopic (exact) mass is 214 g/mol. The molecule has 15 heavy (non-hydrogen) atoms. The summed E-state index contributed by atoms with van der Waals surface area (Å²) in [4.78, 5) is 2.24. The average Bonchev–Trinajstić information content (AvgIpc) is 2.10. The molecule has 92 valence electrons. The van der Waals surface area contributed by atoms with Crippen LogP contribution in [0.3, 0.4) is 0 Å². The molecule has 0 heterocycles. The molecule has 0 saturated heterocycles. The SMILES string of the molecule is CC(C)C(C)(NCCCN(C)C)C(C)C. The molecule has 0 aliphatic rings. The van der Waals surface area contributed by atoms with Crippen molar-refractivity contribution in [1.82, 2.24) is 10.2 Å². The highest BCUT2D eigenvalue weighted by molar-refractivity contribution is 4.89. The molecule has 0 aliphatic heterocycles. The molecule has 0 fully saturated rings. The maximum Gasteiger partial charge on any atom is 0.0199 e. The van der Waals surface area contributed by atoms with E-state index in [0.29, 0.717) is 11.8 Å². The van der Waals surface area contributed by atoms with E-state index in [9.17, 15) is 0 Å². The molecule has 0 saturated carbocycles. The van der Waals surface area contributed by atoms with Gasteiger partial charge in [0.15, 0.2) is 0 Å². The van der Waals surface area contributed by atoms with Gasteiger partial charge in [0.05, 0.1) is 0 Å². The van der Waals surface area contributed by atoms with Crippen molar-refractivity contribution in [3.63, 3.8) is 0 Å². The molecular formula is C13H30N2. The van der Waals surface area contributed by atoms with Crippen molar-refractivity contribution in [1.29, 1.82) is 0 Å². The minimum absolute atomic E-state index is 0.270. The number of hydrogen-bond donors (Lipinski definition) is 1. The molecule has 0 aromatic carbocycles. The van der Waals surface area contributed by atoms with Gasteiger partial charge in [-0.1, -0.05) is 27.7 Å². The minimum atomic E-state index is 0.270. The van der Waals surface area contributed by atoms with Crippen LogP contribution in [0.25, 0.3) is 0 Å². The topological polar surface area (TPSA) is 15.3 Å². The highest BCUT2D eigenvalue weighted by Gasteiger charge is 2.30. The van der Waals surface area contributed by atoms with Crippen LogP contribution in [0.1, 0.15) is 41.0 Å². The van der Waals surface area contributed by atoms with Gasteiger partial charge in [0.25, 0.3) is 0 Å². The van der Waals surface area contributed by atoms with E-state index in [-0.39, 0.29) is 5.54 Å². The lowest BCUT2D eigenvalue weighted by molar-refractivity contribution is 0.184. The number of nitrogens with one attached hydrogen (secondary N) is 1. The molecule has 0 unspecified atom stereocenters. The maximum absolute atomic E-state index is 3.72. The van der Waals surface area contributed by atoms with Crippen molar-refractivity contribution in [2.45, 2.75) is 46.6 Å². The Hall–Kier alpha value is -0.0800. The van der Waals surface area contributed by atoms with Crippen LogP contribution in [0, 0.1) is 11.8 Å². The molecule has 0 aromatic heterocycles. The van der Waals surface area contributed by atoms with Crippen LogP contribution >= 0.6 is 0 Å². The Morgan fingerprint density at radius 1 is 1.07 bits per heavy atom. The second-order valence-corrected chi connectivity index (χ2v) is 5.68. The number of nitrogens with zero attached hydrogens (tertiary/aromatic N) is 1. The predicted octanol–water partition coefficient (Wildman–Crippen LogP) is 2.60. The van der Waals surface area contributed by atoms with E-state index in [1.165, 1.54) is 13.0 Å². The van der Waals surface area contributed by atoms with Crippen LogP contribution in [-0.4, -0.2) is 37.6 Å². The second kappa shape index (κ2) is 6.49. The van der Waals surface area contributed by atoms with E-state index < -0.39 is 0 Å². The zero-order valence-electron chi connectivity index (χ0n) is 11.7. The van der Waals surface area contributed by atoms with Gasteiger partial charge >= 0.3 is 0 Å². The summed E-state index contributed by atoms with van der Waals surface area (Å²) in [5, 5.41) is 3.72. The third-order valence-electron chi connectivity index (χ3n) is 3.69. The molecule has 0 rings (SSSR count). The third kappa shape index (κ3) is 4.98. The molecule has 1 N–H and O–H groups in total. The van der Waals surface area contributed by atoms with Gasteiger partial charge in [-0.2, -0.15) is 0 Å². The Labute approximate surface area is 96.4 Å². The van der Waals surface area contributed by atoms with Gasteiger partial charge in [0.2, 0.25) is 0 Å². The van der Waals surface area contributed by atoms with Crippen molar-refractivity contribution >= 4 is 0 Å². The Kier molecular flexibility index (Phi) is 6.46. The van der Waals surface area contributed by atoms with Gasteiger partial charge in [-0.15, -0.1) is 0 Å². The zero-order chi connectivity index (χ0) is 12.1. The van der Waals surface area contributed by atoms with Crippen molar-refractivity contribution < 1.29 is 0 Å². The molecular weight excluding hydrogens is 184 g/mol. The highest BCUT2D eigenvalue weighted by Crippen LogP contribution is 2.25. The fourth-order valence-corrected chi connectivity index (χ4v) is 1.83. The average molecular weight is 214 g/mol. The lowest BCUT2D eigenvalue weighted by Crippen LogP contribution is -2.51. The smallest absolute Gasteiger partial charge is 0.0199 e. The molecule has 0 bridgehead atoms. The Morgan fingerprint density at radius 3 is 1.87 bits per heavy atom. The normalized spacial score (nSPS) is 13.2. The van der Waals surface area contributed by atoms with E-state index in [0.717, 1.165) is 6.54 Å². The molecule has 0 spiro atoms. The fourth-order valence-electron chi connectivity index (χ4n) is 1.83. The van der Waals surface area contributed by atoms with Gasteiger partial charge in [-0.3, -0.25) is 0 Å². The zero-order valence-corrected chi connectivity index (χ0v) is 11.7. The second-order valence-electron chi connectivity index (χ2n) is 5.68. The van der Waals surface area contributed by atoms with Crippen LogP contribution in [0.5, 0.6) is 0 Å². The molecule has 2 heteroatoms. The van der Waals surface area contributed by atoms with E-state index in [1.807, 2.05) is 0 Å². The van der Waals surface area contributed by atoms with Crippen LogP contribution in [0.2, 0.25) is 0 Å². The van der Waals surface area contributed by atoms with Gasteiger partial charge in [-0.05, 0) is 52.4 Å². The van der Waals surface area contributed by atoms with Gasteiger partial charge < -0.3 is 10.2 Å². The summed E-state index contributed by atoms with van der Waals surface area (Å²) in [7, 11) is 4.26. The molecule has 2 nitrogen and oxygen atoms in total. The standard InChI is InChI=1S/C13H30N2/c1-11(2)13(5,12(3)4)14-9-8-10-15(6)7/h11-12,14H,8-10H2,1-7H3. The largest absolute Gasteiger partial charge is 0.311 e. The first-order chi connectivity index (χ1) is 6.80. The van der Waals surface area contributed by atoms with Crippen molar-refractivity contribution in [2.75, 3.05) is 27.2 Å². The summed E-state index contributed by atoms with van der Waals surface area (Å²) in [5.74, 6) is 1.36. The maximum atomic E-state index is 3.72. The summed E-state index contributed by atoms with van der Waals surface area (Å²) in [6.07, 6.45) is 1.22. The first-order valence-corrected chi connectivity index (χ1v) is 6.20. The Balaban J connectivity index is 3.98. The Bertz CT molecular complexity index is 154.